The van der Waals surface area contributed by atoms with E-state index in [1.54, 1.807) is 17.2 Å². The number of benzene rings is 1. The van der Waals surface area contributed by atoms with Crippen LogP contribution < -0.4 is 4.90 Å². The third kappa shape index (κ3) is 4.08. The molecule has 1 aromatic carbocycles. The van der Waals surface area contributed by atoms with Gasteiger partial charge < -0.3 is 14.8 Å². The first-order chi connectivity index (χ1) is 16.0. The number of anilines is 1. The Morgan fingerprint density at radius 1 is 1.21 bits per heavy atom. The Morgan fingerprint density at radius 3 is 2.76 bits per heavy atom. The summed E-state index contributed by atoms with van der Waals surface area (Å²) in [4.78, 5) is 36.1. The Labute approximate surface area is 192 Å². The average Bonchev–Trinajstić information content (AvgIpc) is 3.28. The van der Waals surface area contributed by atoms with Crippen molar-refractivity contribution in [1.29, 1.82) is 0 Å². The zero-order chi connectivity index (χ0) is 22.9. The highest BCUT2D eigenvalue weighted by molar-refractivity contribution is 6.01. The van der Waals surface area contributed by atoms with E-state index >= 15 is 0 Å². The molecule has 170 valence electrons. The fourth-order valence-corrected chi connectivity index (χ4v) is 4.82. The van der Waals surface area contributed by atoms with Crippen LogP contribution in [-0.4, -0.2) is 51.9 Å². The fourth-order valence-electron chi connectivity index (χ4n) is 4.82. The Balaban J connectivity index is 1.41. The first-order valence-corrected chi connectivity index (χ1v) is 11.5. The largest absolute Gasteiger partial charge is 0.371 e. The lowest BCUT2D eigenvalue weighted by Crippen LogP contribution is -2.38. The van der Waals surface area contributed by atoms with Crippen molar-refractivity contribution in [3.05, 3.63) is 70.0 Å². The van der Waals surface area contributed by atoms with Gasteiger partial charge in [-0.1, -0.05) is 13.0 Å². The van der Waals surface area contributed by atoms with Gasteiger partial charge in [0.1, 0.15) is 5.65 Å². The molecule has 1 fully saturated rings. The minimum absolute atomic E-state index is 0.0491. The van der Waals surface area contributed by atoms with Gasteiger partial charge in [-0.3, -0.25) is 14.9 Å². The predicted molar refractivity (Wildman–Crippen MR) is 128 cm³/mol. The normalized spacial score (nSPS) is 17.3. The number of carbonyl (C=O) groups excluding carboxylic acids is 1. The maximum Gasteiger partial charge on any atom is 0.270 e. The van der Waals surface area contributed by atoms with Crippen molar-refractivity contribution in [3.63, 3.8) is 0 Å². The summed E-state index contributed by atoms with van der Waals surface area (Å²) >= 11 is 0. The Kier molecular flexibility index (Phi) is 5.58. The molecule has 0 spiro atoms. The van der Waals surface area contributed by atoms with E-state index in [0.29, 0.717) is 24.6 Å². The number of nitrogens with one attached hydrogen (secondary N) is 1. The molecule has 0 atom stereocenters. The van der Waals surface area contributed by atoms with Crippen molar-refractivity contribution >= 4 is 33.9 Å². The van der Waals surface area contributed by atoms with Crippen LogP contribution in [0.25, 0.3) is 16.6 Å². The van der Waals surface area contributed by atoms with Crippen LogP contribution in [0.4, 0.5) is 11.4 Å². The highest BCUT2D eigenvalue weighted by atomic mass is 16.6. The number of fused-ring (bicyclic) bond motifs is 1. The SMILES string of the molecule is CC1CCN(c2ccc([N+](=O)[O-])cc2C(=O)N2CC=C(c3c[nH]c4ncccc34)CC2)CC1. The summed E-state index contributed by atoms with van der Waals surface area (Å²) < 4.78 is 0. The minimum atomic E-state index is -0.432. The topological polar surface area (TPSA) is 95.4 Å². The number of aromatic amines is 1. The standard InChI is InChI=1S/C25H27N5O3/c1-17-6-11-28(12-7-17)23-5-4-19(30(32)33)15-21(23)25(31)29-13-8-18(9-14-29)22-16-27-24-20(22)3-2-10-26-24/h2-5,8,10,15-17H,6-7,9,11-14H2,1H3,(H,26,27). The van der Waals surface area contributed by atoms with Crippen molar-refractivity contribution in [3.8, 4) is 0 Å². The summed E-state index contributed by atoms with van der Waals surface area (Å²) in [5.74, 6) is 0.507. The van der Waals surface area contributed by atoms with Crippen LogP contribution >= 0.6 is 0 Å². The number of amides is 1. The maximum atomic E-state index is 13.5. The molecule has 33 heavy (non-hydrogen) atoms. The van der Waals surface area contributed by atoms with Crippen molar-refractivity contribution in [2.24, 2.45) is 5.92 Å². The smallest absolute Gasteiger partial charge is 0.270 e. The predicted octanol–water partition coefficient (Wildman–Crippen LogP) is 4.64. The van der Waals surface area contributed by atoms with E-state index in [1.807, 2.05) is 18.3 Å². The molecule has 3 aromatic rings. The zero-order valence-corrected chi connectivity index (χ0v) is 18.7. The second-order valence-electron chi connectivity index (χ2n) is 8.96. The number of hydrogen-bond donors (Lipinski definition) is 1. The van der Waals surface area contributed by atoms with Crippen LogP contribution in [0.2, 0.25) is 0 Å². The number of rotatable bonds is 4. The Morgan fingerprint density at radius 2 is 2.03 bits per heavy atom. The number of non-ortho nitro benzene ring substituents is 1. The molecule has 1 saturated heterocycles. The Bertz CT molecular complexity index is 1240. The number of hydrogen-bond acceptors (Lipinski definition) is 5. The molecule has 0 saturated carbocycles. The number of carbonyl (C=O) groups is 1. The van der Waals surface area contributed by atoms with Gasteiger partial charge in [0.15, 0.2) is 0 Å². The molecule has 4 heterocycles. The van der Waals surface area contributed by atoms with Gasteiger partial charge in [0.25, 0.3) is 11.6 Å². The Hall–Kier alpha value is -3.68. The molecule has 0 radical (unpaired) electrons. The van der Waals surface area contributed by atoms with Gasteiger partial charge >= 0.3 is 0 Å². The number of H-pyrrole nitrogens is 1. The van der Waals surface area contributed by atoms with Gasteiger partial charge in [-0.15, -0.1) is 0 Å². The third-order valence-electron chi connectivity index (χ3n) is 6.84. The molecule has 0 unspecified atom stereocenters. The van der Waals surface area contributed by atoms with E-state index in [0.717, 1.165) is 54.6 Å². The van der Waals surface area contributed by atoms with E-state index in [4.69, 9.17) is 0 Å². The van der Waals surface area contributed by atoms with E-state index < -0.39 is 4.92 Å². The molecule has 1 amide bonds. The van der Waals surface area contributed by atoms with Crippen molar-refractivity contribution in [2.75, 3.05) is 31.1 Å². The van der Waals surface area contributed by atoms with Crippen molar-refractivity contribution in [2.45, 2.75) is 26.2 Å². The minimum Gasteiger partial charge on any atom is -0.371 e. The first-order valence-electron chi connectivity index (χ1n) is 11.5. The second-order valence-corrected chi connectivity index (χ2v) is 8.96. The second kappa shape index (κ2) is 8.69. The molecule has 8 heteroatoms. The van der Waals surface area contributed by atoms with Crippen molar-refractivity contribution < 1.29 is 9.72 Å². The number of aromatic nitrogens is 2. The van der Waals surface area contributed by atoms with E-state index in [1.165, 1.54) is 17.7 Å². The first kappa shape index (κ1) is 21.2. The number of nitrogens with zero attached hydrogens (tertiary/aromatic N) is 4. The number of pyridine rings is 1. The fraction of sp³-hybridized carbons (Fsp3) is 0.360. The monoisotopic (exact) mass is 445 g/mol. The molecule has 2 aliphatic rings. The zero-order valence-electron chi connectivity index (χ0n) is 18.7. The molecule has 1 N–H and O–H groups in total. The lowest BCUT2D eigenvalue weighted by molar-refractivity contribution is -0.384. The summed E-state index contributed by atoms with van der Waals surface area (Å²) in [7, 11) is 0. The van der Waals surface area contributed by atoms with Gasteiger partial charge in [0.2, 0.25) is 0 Å². The molecule has 0 aliphatic carbocycles. The summed E-state index contributed by atoms with van der Waals surface area (Å²) in [5, 5.41) is 12.5. The number of nitro benzene ring substituents is 1. The summed E-state index contributed by atoms with van der Waals surface area (Å²) in [6.45, 7) is 4.99. The summed E-state index contributed by atoms with van der Waals surface area (Å²) in [6.07, 6.45) is 8.64. The molecule has 0 bridgehead atoms. The van der Waals surface area contributed by atoms with Crippen LogP contribution in [0.5, 0.6) is 0 Å². The highest BCUT2D eigenvalue weighted by Crippen LogP contribution is 2.32. The van der Waals surface area contributed by atoms with Crippen LogP contribution in [0, 0.1) is 16.0 Å². The number of piperidine rings is 1. The molecule has 8 nitrogen and oxygen atoms in total. The van der Waals surface area contributed by atoms with Crippen LogP contribution in [0.3, 0.4) is 0 Å². The van der Waals surface area contributed by atoms with Gasteiger partial charge in [0, 0.05) is 61.7 Å². The summed E-state index contributed by atoms with van der Waals surface area (Å²) in [6, 6.07) is 8.65. The molecule has 2 aromatic heterocycles. The van der Waals surface area contributed by atoms with Gasteiger partial charge in [-0.2, -0.15) is 0 Å². The van der Waals surface area contributed by atoms with Gasteiger partial charge in [0.05, 0.1) is 16.2 Å². The molecular weight excluding hydrogens is 418 g/mol. The lowest BCUT2D eigenvalue weighted by Gasteiger charge is -2.34. The quantitative estimate of drug-likeness (QED) is 0.466. The molecular formula is C25H27N5O3. The van der Waals surface area contributed by atoms with Crippen LogP contribution in [0.15, 0.2) is 48.8 Å². The van der Waals surface area contributed by atoms with Crippen LogP contribution in [0.1, 0.15) is 42.1 Å². The van der Waals surface area contributed by atoms with Crippen molar-refractivity contribution in [1.82, 2.24) is 14.9 Å². The lowest BCUT2D eigenvalue weighted by atomic mass is 9.97. The molecule has 5 rings (SSSR count). The maximum absolute atomic E-state index is 13.5. The number of nitro groups is 1. The highest BCUT2D eigenvalue weighted by Gasteiger charge is 2.27. The van der Waals surface area contributed by atoms with Crippen LogP contribution in [-0.2, 0) is 0 Å². The van der Waals surface area contributed by atoms with E-state index in [2.05, 4.69) is 27.9 Å². The van der Waals surface area contributed by atoms with E-state index in [9.17, 15) is 14.9 Å². The summed E-state index contributed by atoms with van der Waals surface area (Å²) in [5.41, 5.74) is 4.32. The van der Waals surface area contributed by atoms with Gasteiger partial charge in [-0.05, 0) is 49.0 Å². The molecule has 2 aliphatic heterocycles. The average molecular weight is 446 g/mol. The van der Waals surface area contributed by atoms with Gasteiger partial charge in [-0.25, -0.2) is 4.98 Å². The van der Waals surface area contributed by atoms with E-state index in [-0.39, 0.29) is 11.6 Å². The third-order valence-corrected chi connectivity index (χ3v) is 6.84.